The predicted molar refractivity (Wildman–Crippen MR) is 140 cm³/mol. The number of fused-ring (bicyclic) bond motifs is 1. The summed E-state index contributed by atoms with van der Waals surface area (Å²) in [6.07, 6.45) is 12.2. The van der Waals surface area contributed by atoms with Crippen LogP contribution in [0.2, 0.25) is 0 Å². The molecule has 1 aliphatic carbocycles. The Kier molecular flexibility index (Phi) is 8.92. The fourth-order valence-corrected chi connectivity index (χ4v) is 6.63. The Labute approximate surface area is 214 Å². The van der Waals surface area contributed by atoms with E-state index >= 15 is 0 Å². The maximum absolute atomic E-state index is 13.0. The first-order valence-corrected chi connectivity index (χ1v) is 14.5. The van der Waals surface area contributed by atoms with Gasteiger partial charge in [-0.2, -0.15) is 0 Å². The van der Waals surface area contributed by atoms with Crippen LogP contribution in [0.4, 0.5) is 0 Å². The molecule has 2 heterocycles. The third kappa shape index (κ3) is 6.88. The molecular formula is C28H41N3O3S. The van der Waals surface area contributed by atoms with E-state index in [4.69, 9.17) is 0 Å². The summed E-state index contributed by atoms with van der Waals surface area (Å²) >= 11 is 1.82. The third-order valence-corrected chi connectivity index (χ3v) is 9.08. The zero-order valence-corrected chi connectivity index (χ0v) is 22.2. The van der Waals surface area contributed by atoms with Gasteiger partial charge in [0.1, 0.15) is 6.04 Å². The van der Waals surface area contributed by atoms with Crippen LogP contribution in [-0.2, 0) is 16.1 Å². The molecule has 0 aromatic heterocycles. The van der Waals surface area contributed by atoms with Crippen LogP contribution in [0.3, 0.4) is 0 Å². The quantitative estimate of drug-likeness (QED) is 0.253. The second-order valence-corrected chi connectivity index (χ2v) is 12.3. The molecule has 192 valence electrons. The number of unbranched alkanes of at least 4 members (excludes halogenated alkanes) is 4. The Balaban J connectivity index is 1.13. The van der Waals surface area contributed by atoms with Crippen molar-refractivity contribution in [3.63, 3.8) is 0 Å². The standard InChI is InChI=1S/C28H41N3O3S/c1-28(2)15-13-20(14-16-28)29-17-6-4-3-5-7-18-35-24-10-8-9-21-22(24)19-31(27(21)34)23-11-12-25(32)30-26(23)33/h8-10,20,23,29H,3-7,11-19H2,1-2H3,(H,30,32,33). The summed E-state index contributed by atoms with van der Waals surface area (Å²) in [5, 5.41) is 6.14. The first kappa shape index (κ1) is 26.2. The van der Waals surface area contributed by atoms with Crippen LogP contribution >= 0.6 is 11.8 Å². The smallest absolute Gasteiger partial charge is 0.255 e. The average Bonchev–Trinajstić information content (AvgIpc) is 3.16. The van der Waals surface area contributed by atoms with Crippen LogP contribution in [0.15, 0.2) is 23.1 Å². The number of piperidine rings is 1. The van der Waals surface area contributed by atoms with Crippen molar-refractivity contribution in [1.29, 1.82) is 0 Å². The highest BCUT2D eigenvalue weighted by Gasteiger charge is 2.39. The van der Waals surface area contributed by atoms with Gasteiger partial charge in [-0.15, -0.1) is 11.8 Å². The number of benzene rings is 1. The molecule has 2 fully saturated rings. The molecule has 4 rings (SSSR count). The maximum Gasteiger partial charge on any atom is 0.255 e. The molecule has 2 N–H and O–H groups in total. The molecule has 6 nitrogen and oxygen atoms in total. The molecule has 7 heteroatoms. The Bertz CT molecular complexity index is 922. The third-order valence-electron chi connectivity index (χ3n) is 7.89. The fourth-order valence-electron chi connectivity index (χ4n) is 5.54. The van der Waals surface area contributed by atoms with Crippen molar-refractivity contribution < 1.29 is 14.4 Å². The van der Waals surface area contributed by atoms with Crippen LogP contribution in [0.1, 0.15) is 100 Å². The lowest BCUT2D eigenvalue weighted by Crippen LogP contribution is -2.52. The highest BCUT2D eigenvalue weighted by molar-refractivity contribution is 7.99. The number of carbonyl (C=O) groups excluding carboxylic acids is 3. The molecule has 0 spiro atoms. The molecule has 0 bridgehead atoms. The van der Waals surface area contributed by atoms with Gasteiger partial charge in [0.25, 0.3) is 5.91 Å². The number of imide groups is 1. The van der Waals surface area contributed by atoms with Crippen LogP contribution < -0.4 is 10.6 Å². The van der Waals surface area contributed by atoms with Crippen LogP contribution in [0, 0.1) is 5.41 Å². The highest BCUT2D eigenvalue weighted by Crippen LogP contribution is 2.36. The lowest BCUT2D eigenvalue weighted by molar-refractivity contribution is -0.136. The van der Waals surface area contributed by atoms with Gasteiger partial charge in [-0.1, -0.05) is 39.2 Å². The Morgan fingerprint density at radius 1 is 1.03 bits per heavy atom. The van der Waals surface area contributed by atoms with Crippen molar-refractivity contribution in [1.82, 2.24) is 15.5 Å². The minimum atomic E-state index is -0.551. The molecule has 1 aromatic rings. The van der Waals surface area contributed by atoms with E-state index in [1.165, 1.54) is 57.8 Å². The van der Waals surface area contributed by atoms with Gasteiger partial charge in [0.15, 0.2) is 0 Å². The summed E-state index contributed by atoms with van der Waals surface area (Å²) in [5.74, 6) is 0.340. The molecule has 1 unspecified atom stereocenters. The van der Waals surface area contributed by atoms with Gasteiger partial charge in [-0.05, 0) is 80.4 Å². The predicted octanol–water partition coefficient (Wildman–Crippen LogP) is 5.05. The van der Waals surface area contributed by atoms with Crippen molar-refractivity contribution in [3.05, 3.63) is 29.3 Å². The number of rotatable bonds is 11. The van der Waals surface area contributed by atoms with Gasteiger partial charge in [0.2, 0.25) is 11.8 Å². The number of thioether (sulfide) groups is 1. The topological polar surface area (TPSA) is 78.5 Å². The summed E-state index contributed by atoms with van der Waals surface area (Å²) in [5.41, 5.74) is 2.27. The lowest BCUT2D eigenvalue weighted by atomic mass is 9.75. The number of carbonyl (C=O) groups is 3. The Morgan fingerprint density at radius 2 is 1.77 bits per heavy atom. The van der Waals surface area contributed by atoms with E-state index < -0.39 is 6.04 Å². The molecule has 35 heavy (non-hydrogen) atoms. The van der Waals surface area contributed by atoms with Crippen molar-refractivity contribution in [2.24, 2.45) is 5.41 Å². The van der Waals surface area contributed by atoms with Gasteiger partial charge in [-0.3, -0.25) is 19.7 Å². The number of nitrogens with zero attached hydrogens (tertiary/aromatic N) is 1. The van der Waals surface area contributed by atoms with E-state index in [0.717, 1.165) is 28.8 Å². The van der Waals surface area contributed by atoms with Crippen molar-refractivity contribution >= 4 is 29.5 Å². The summed E-state index contributed by atoms with van der Waals surface area (Å²) in [6, 6.07) is 6.06. The second-order valence-electron chi connectivity index (χ2n) is 11.2. The maximum atomic E-state index is 13.0. The Hall–Kier alpha value is -1.86. The average molecular weight is 500 g/mol. The van der Waals surface area contributed by atoms with E-state index in [1.54, 1.807) is 4.90 Å². The zero-order valence-electron chi connectivity index (χ0n) is 21.4. The lowest BCUT2D eigenvalue weighted by Gasteiger charge is -2.34. The second kappa shape index (κ2) is 11.9. The first-order valence-electron chi connectivity index (χ1n) is 13.5. The van der Waals surface area contributed by atoms with Crippen molar-refractivity contribution in [3.8, 4) is 0 Å². The largest absolute Gasteiger partial charge is 0.322 e. The van der Waals surface area contributed by atoms with Crippen LogP contribution in [0.25, 0.3) is 0 Å². The summed E-state index contributed by atoms with van der Waals surface area (Å²) in [4.78, 5) is 39.5. The Morgan fingerprint density at radius 3 is 2.54 bits per heavy atom. The minimum Gasteiger partial charge on any atom is -0.322 e. The number of hydrogen-bond donors (Lipinski definition) is 2. The highest BCUT2D eigenvalue weighted by atomic mass is 32.2. The fraction of sp³-hybridized carbons (Fsp3) is 0.679. The molecule has 1 saturated carbocycles. The molecule has 2 aliphatic heterocycles. The van der Waals surface area contributed by atoms with Crippen molar-refractivity contribution in [2.45, 2.75) is 108 Å². The molecule has 3 aliphatic rings. The molecule has 0 radical (unpaired) electrons. The van der Waals surface area contributed by atoms with Gasteiger partial charge in [0, 0.05) is 29.5 Å². The summed E-state index contributed by atoms with van der Waals surface area (Å²) in [7, 11) is 0. The number of nitrogens with one attached hydrogen (secondary N) is 2. The zero-order chi connectivity index (χ0) is 24.8. The monoisotopic (exact) mass is 499 g/mol. The van der Waals surface area contributed by atoms with Gasteiger partial charge >= 0.3 is 0 Å². The summed E-state index contributed by atoms with van der Waals surface area (Å²) in [6.45, 7) is 6.38. The van der Waals surface area contributed by atoms with Crippen LogP contribution in [0.5, 0.6) is 0 Å². The molecule has 3 amide bonds. The molecule has 1 aromatic carbocycles. The van der Waals surface area contributed by atoms with E-state index in [0.29, 0.717) is 23.9 Å². The molecular weight excluding hydrogens is 458 g/mol. The van der Waals surface area contributed by atoms with Gasteiger partial charge < -0.3 is 10.2 Å². The number of hydrogen-bond acceptors (Lipinski definition) is 5. The van der Waals surface area contributed by atoms with Crippen molar-refractivity contribution in [2.75, 3.05) is 12.3 Å². The normalized spacial score (nSPS) is 22.4. The SMILES string of the molecule is CC1(C)CCC(NCCCCCCCSc2cccc3c2CN(C2CCC(=O)NC2=O)C3=O)CC1. The number of amides is 3. The summed E-state index contributed by atoms with van der Waals surface area (Å²) < 4.78 is 0. The first-order chi connectivity index (χ1) is 16.8. The van der Waals surface area contributed by atoms with Gasteiger partial charge in [-0.25, -0.2) is 0 Å². The van der Waals surface area contributed by atoms with E-state index in [-0.39, 0.29) is 24.1 Å². The van der Waals surface area contributed by atoms with E-state index in [2.05, 4.69) is 30.5 Å². The molecule has 1 atom stereocenters. The van der Waals surface area contributed by atoms with E-state index in [9.17, 15) is 14.4 Å². The van der Waals surface area contributed by atoms with E-state index in [1.807, 2.05) is 23.9 Å². The minimum absolute atomic E-state index is 0.0949. The molecule has 1 saturated heterocycles. The van der Waals surface area contributed by atoms with Gasteiger partial charge in [0.05, 0.1) is 0 Å². The van der Waals surface area contributed by atoms with Crippen LogP contribution in [-0.4, -0.2) is 47.0 Å².